The van der Waals surface area contributed by atoms with Gasteiger partial charge in [-0.2, -0.15) is 8.42 Å². The molecule has 0 spiro atoms. The van der Waals surface area contributed by atoms with E-state index in [1.165, 1.54) is 7.11 Å². The number of rotatable bonds is 8. The van der Waals surface area contributed by atoms with Crippen molar-refractivity contribution in [3.63, 3.8) is 0 Å². The van der Waals surface area contributed by atoms with Crippen molar-refractivity contribution in [2.24, 2.45) is 0 Å². The lowest BCUT2D eigenvalue weighted by atomic mass is 10.0. The van der Waals surface area contributed by atoms with Crippen LogP contribution < -0.4 is 8.92 Å². The number of ether oxygens (including phenoxy) is 1. The Kier molecular flexibility index (Phi) is 7.07. The van der Waals surface area contributed by atoms with Crippen molar-refractivity contribution in [3.8, 4) is 11.5 Å². The third kappa shape index (κ3) is 5.48. The van der Waals surface area contributed by atoms with Crippen molar-refractivity contribution in [3.05, 3.63) is 59.2 Å². The minimum Gasteiger partial charge on any atom is -0.493 e. The molecule has 0 aromatic heterocycles. The minimum absolute atomic E-state index is 0.00786. The second kappa shape index (κ2) is 9.10. The van der Waals surface area contributed by atoms with Gasteiger partial charge in [0.05, 0.1) is 13.4 Å². The van der Waals surface area contributed by atoms with Crippen molar-refractivity contribution < 1.29 is 22.1 Å². The molecule has 0 aliphatic rings. The molecule has 1 amide bonds. The van der Waals surface area contributed by atoms with E-state index in [-0.39, 0.29) is 17.7 Å². The average Bonchev–Trinajstić information content (AvgIpc) is 2.64. The van der Waals surface area contributed by atoms with E-state index in [2.05, 4.69) is 0 Å². The number of nitrogens with zero attached hydrogens (tertiary/aromatic N) is 1. The van der Waals surface area contributed by atoms with Crippen molar-refractivity contribution >= 4 is 16.0 Å². The molecule has 7 heteroatoms. The number of methoxy groups -OCH3 is 1. The van der Waals surface area contributed by atoms with Gasteiger partial charge in [-0.25, -0.2) is 0 Å². The smallest absolute Gasteiger partial charge is 0.306 e. The molecule has 0 fully saturated rings. The highest BCUT2D eigenvalue weighted by atomic mass is 32.2. The first-order chi connectivity index (χ1) is 13.2. The van der Waals surface area contributed by atoms with E-state index < -0.39 is 10.1 Å². The van der Waals surface area contributed by atoms with Gasteiger partial charge in [0.25, 0.3) is 5.91 Å². The molecule has 28 heavy (non-hydrogen) atoms. The first kappa shape index (κ1) is 21.8. The predicted molar refractivity (Wildman–Crippen MR) is 109 cm³/mol. The van der Waals surface area contributed by atoms with E-state index in [0.29, 0.717) is 17.9 Å². The summed E-state index contributed by atoms with van der Waals surface area (Å²) in [5, 5.41) is 0. The fourth-order valence-corrected chi connectivity index (χ4v) is 3.32. The highest BCUT2D eigenvalue weighted by Crippen LogP contribution is 2.30. The largest absolute Gasteiger partial charge is 0.493 e. The fraction of sp³-hybridized carbons (Fsp3) is 0.381. The molecule has 0 radical (unpaired) electrons. The number of hydrogen-bond acceptors (Lipinski definition) is 5. The molecule has 0 N–H and O–H groups in total. The number of amides is 1. The summed E-state index contributed by atoms with van der Waals surface area (Å²) in [4.78, 5) is 15.0. The highest BCUT2D eigenvalue weighted by molar-refractivity contribution is 7.86. The van der Waals surface area contributed by atoms with E-state index in [4.69, 9.17) is 8.92 Å². The maximum Gasteiger partial charge on any atom is 0.306 e. The Hall–Kier alpha value is -2.54. The van der Waals surface area contributed by atoms with Crippen molar-refractivity contribution in [1.29, 1.82) is 0 Å². The highest BCUT2D eigenvalue weighted by Gasteiger charge is 2.23. The van der Waals surface area contributed by atoms with Crippen LogP contribution in [-0.4, -0.2) is 38.6 Å². The second-order valence-electron chi connectivity index (χ2n) is 6.78. The Labute approximate surface area is 167 Å². The molecule has 2 aromatic carbocycles. The molecule has 1 atom stereocenters. The molecule has 0 saturated heterocycles. The number of aryl methyl sites for hydroxylation is 1. The molecule has 0 heterocycles. The van der Waals surface area contributed by atoms with Gasteiger partial charge >= 0.3 is 10.1 Å². The van der Waals surface area contributed by atoms with Gasteiger partial charge in [-0.3, -0.25) is 4.79 Å². The molecule has 2 rings (SSSR count). The molecule has 152 valence electrons. The molecule has 0 aliphatic carbocycles. The summed E-state index contributed by atoms with van der Waals surface area (Å²) < 4.78 is 33.3. The number of hydrogen-bond donors (Lipinski definition) is 0. The maximum absolute atomic E-state index is 13.2. The first-order valence-corrected chi connectivity index (χ1v) is 10.9. The lowest BCUT2D eigenvalue weighted by Crippen LogP contribution is -2.38. The van der Waals surface area contributed by atoms with Gasteiger partial charge in [-0.05, 0) is 49.6 Å². The molecule has 0 saturated carbocycles. The van der Waals surface area contributed by atoms with Crippen molar-refractivity contribution in [1.82, 2.24) is 4.90 Å². The molecular weight excluding hydrogens is 378 g/mol. The summed E-state index contributed by atoms with van der Waals surface area (Å²) in [6.45, 7) is 6.25. The topological polar surface area (TPSA) is 72.9 Å². The Morgan fingerprint density at radius 1 is 1.14 bits per heavy atom. The summed E-state index contributed by atoms with van der Waals surface area (Å²) in [6, 6.07) is 12.5. The summed E-state index contributed by atoms with van der Waals surface area (Å²) in [5.74, 6) is 0.360. The Morgan fingerprint density at radius 2 is 1.82 bits per heavy atom. The zero-order valence-corrected chi connectivity index (χ0v) is 17.7. The van der Waals surface area contributed by atoms with E-state index >= 15 is 0 Å². The number of benzene rings is 2. The zero-order valence-electron chi connectivity index (χ0n) is 16.9. The lowest BCUT2D eigenvalue weighted by Gasteiger charge is -2.29. The number of carbonyl (C=O) groups excluding carboxylic acids is 1. The van der Waals surface area contributed by atoms with Crippen LogP contribution in [0.2, 0.25) is 0 Å². The van der Waals surface area contributed by atoms with Gasteiger partial charge in [0.2, 0.25) is 0 Å². The summed E-state index contributed by atoms with van der Waals surface area (Å²) in [5.41, 5.74) is 2.32. The van der Waals surface area contributed by atoms with Crippen LogP contribution in [0, 0.1) is 6.92 Å². The summed E-state index contributed by atoms with van der Waals surface area (Å²) in [7, 11) is -2.26. The van der Waals surface area contributed by atoms with Crippen LogP contribution in [0.25, 0.3) is 0 Å². The molecule has 0 unspecified atom stereocenters. The van der Waals surface area contributed by atoms with Gasteiger partial charge in [0, 0.05) is 18.2 Å². The van der Waals surface area contributed by atoms with E-state index in [1.807, 2.05) is 45.0 Å². The Bertz CT molecular complexity index is 940. The molecule has 0 bridgehead atoms. The second-order valence-corrected chi connectivity index (χ2v) is 8.35. The van der Waals surface area contributed by atoms with Crippen LogP contribution in [0.5, 0.6) is 11.5 Å². The van der Waals surface area contributed by atoms with Crippen LogP contribution in [0.4, 0.5) is 0 Å². The van der Waals surface area contributed by atoms with Gasteiger partial charge in [-0.1, -0.05) is 31.2 Å². The van der Waals surface area contributed by atoms with Gasteiger partial charge in [0.15, 0.2) is 11.5 Å². The van der Waals surface area contributed by atoms with Crippen LogP contribution >= 0.6 is 0 Å². The standard InChI is InChI=1S/C21H27NO5S/c1-6-16(3)22(21(23)18-10-8-7-9-15(18)2)14-17-11-12-19(26-4)20(13-17)27-28(5,24)25/h7-13,16H,6,14H2,1-5H3/t16-/m1/s1. The lowest BCUT2D eigenvalue weighted by molar-refractivity contribution is 0.0670. The van der Waals surface area contributed by atoms with Crippen LogP contribution in [0.15, 0.2) is 42.5 Å². The Morgan fingerprint density at radius 3 is 2.39 bits per heavy atom. The van der Waals surface area contributed by atoms with E-state index in [0.717, 1.165) is 23.8 Å². The molecule has 2 aromatic rings. The third-order valence-corrected chi connectivity index (χ3v) is 5.06. The van der Waals surface area contributed by atoms with Crippen LogP contribution in [-0.2, 0) is 16.7 Å². The normalized spacial score (nSPS) is 12.3. The van der Waals surface area contributed by atoms with Crippen LogP contribution in [0.1, 0.15) is 41.8 Å². The quantitative estimate of drug-likeness (QED) is 0.625. The van der Waals surface area contributed by atoms with Crippen molar-refractivity contribution in [2.75, 3.05) is 13.4 Å². The minimum atomic E-state index is -3.70. The van der Waals surface area contributed by atoms with Gasteiger partial charge in [0.1, 0.15) is 0 Å². The van der Waals surface area contributed by atoms with Crippen LogP contribution in [0.3, 0.4) is 0 Å². The zero-order chi connectivity index (χ0) is 20.9. The van der Waals surface area contributed by atoms with Gasteiger partial charge in [-0.15, -0.1) is 0 Å². The van der Waals surface area contributed by atoms with E-state index in [9.17, 15) is 13.2 Å². The average molecular weight is 406 g/mol. The molecular formula is C21H27NO5S. The first-order valence-electron chi connectivity index (χ1n) is 9.09. The fourth-order valence-electron chi connectivity index (χ4n) is 2.86. The third-order valence-electron chi connectivity index (χ3n) is 4.58. The predicted octanol–water partition coefficient (Wildman–Crippen LogP) is 3.78. The van der Waals surface area contributed by atoms with Crippen molar-refractivity contribution in [2.45, 2.75) is 39.8 Å². The summed E-state index contributed by atoms with van der Waals surface area (Å²) >= 11 is 0. The van der Waals surface area contributed by atoms with Gasteiger partial charge < -0.3 is 13.8 Å². The molecule has 6 nitrogen and oxygen atoms in total. The summed E-state index contributed by atoms with van der Waals surface area (Å²) in [6.07, 6.45) is 1.77. The van der Waals surface area contributed by atoms with E-state index in [1.54, 1.807) is 23.1 Å². The number of carbonyl (C=O) groups is 1. The molecule has 0 aliphatic heterocycles. The monoisotopic (exact) mass is 405 g/mol. The SMILES string of the molecule is CC[C@@H](C)N(Cc1ccc(OC)c(OS(C)(=O)=O)c1)C(=O)c1ccccc1C. The Balaban J connectivity index is 2.38. The maximum atomic E-state index is 13.2.